The van der Waals surface area contributed by atoms with Crippen LogP contribution in [0.5, 0.6) is 0 Å². The van der Waals surface area contributed by atoms with Crippen molar-refractivity contribution in [3.05, 3.63) is 70.6 Å². The van der Waals surface area contributed by atoms with Gasteiger partial charge >= 0.3 is 0 Å². The number of nitrogens with zero attached hydrogens (tertiary/aromatic N) is 2. The standard InChI is InChI=1S/C17H12ClF2N3O2/c1-9(21-16(24)13-8-12(19)6-7-14(13)20)17-22-15(23-25-17)10-2-4-11(18)5-3-10/h2-9H,1H3,(H,21,24). The van der Waals surface area contributed by atoms with Gasteiger partial charge in [-0.2, -0.15) is 4.98 Å². The monoisotopic (exact) mass is 363 g/mol. The van der Waals surface area contributed by atoms with Crippen molar-refractivity contribution in [3.8, 4) is 11.4 Å². The van der Waals surface area contributed by atoms with Crippen LogP contribution in [0.1, 0.15) is 29.2 Å². The van der Waals surface area contributed by atoms with Crippen LogP contribution >= 0.6 is 11.6 Å². The lowest BCUT2D eigenvalue weighted by atomic mass is 10.2. The van der Waals surface area contributed by atoms with E-state index in [0.717, 1.165) is 18.2 Å². The lowest BCUT2D eigenvalue weighted by Gasteiger charge is -2.10. The van der Waals surface area contributed by atoms with Crippen molar-refractivity contribution in [1.29, 1.82) is 0 Å². The smallest absolute Gasteiger partial charge is 0.255 e. The molecule has 0 saturated carbocycles. The maximum absolute atomic E-state index is 13.6. The second-order valence-electron chi connectivity index (χ2n) is 5.28. The lowest BCUT2D eigenvalue weighted by Crippen LogP contribution is -2.27. The van der Waals surface area contributed by atoms with Crippen LogP contribution in [-0.2, 0) is 0 Å². The minimum Gasteiger partial charge on any atom is -0.340 e. The Morgan fingerprint density at radius 1 is 1.20 bits per heavy atom. The minimum absolute atomic E-state index is 0.134. The van der Waals surface area contributed by atoms with Gasteiger partial charge < -0.3 is 9.84 Å². The average Bonchev–Trinajstić information content (AvgIpc) is 3.07. The molecule has 1 heterocycles. The predicted octanol–water partition coefficient (Wildman–Crippen LogP) is 4.16. The van der Waals surface area contributed by atoms with Gasteiger partial charge in [-0.1, -0.05) is 16.8 Å². The van der Waals surface area contributed by atoms with E-state index in [0.29, 0.717) is 16.4 Å². The van der Waals surface area contributed by atoms with Crippen molar-refractivity contribution in [2.24, 2.45) is 0 Å². The van der Waals surface area contributed by atoms with Crippen LogP contribution in [0.3, 0.4) is 0 Å². The van der Waals surface area contributed by atoms with Crippen molar-refractivity contribution in [3.63, 3.8) is 0 Å². The van der Waals surface area contributed by atoms with E-state index in [-0.39, 0.29) is 5.89 Å². The molecule has 0 saturated heterocycles. The van der Waals surface area contributed by atoms with Gasteiger partial charge in [0.1, 0.15) is 17.7 Å². The lowest BCUT2D eigenvalue weighted by molar-refractivity contribution is 0.0928. The Hall–Kier alpha value is -2.80. The summed E-state index contributed by atoms with van der Waals surface area (Å²) in [6.45, 7) is 1.59. The molecular weight excluding hydrogens is 352 g/mol. The summed E-state index contributed by atoms with van der Waals surface area (Å²) in [5, 5.41) is 6.90. The number of hydrogen-bond acceptors (Lipinski definition) is 4. The van der Waals surface area contributed by atoms with Crippen molar-refractivity contribution < 1.29 is 18.1 Å². The van der Waals surface area contributed by atoms with E-state index in [1.165, 1.54) is 0 Å². The zero-order chi connectivity index (χ0) is 18.0. The van der Waals surface area contributed by atoms with Crippen LogP contribution in [0.25, 0.3) is 11.4 Å². The number of carbonyl (C=O) groups is 1. The average molecular weight is 364 g/mol. The Kier molecular flexibility index (Phi) is 4.76. The summed E-state index contributed by atoms with van der Waals surface area (Å²) in [6.07, 6.45) is 0. The highest BCUT2D eigenvalue weighted by atomic mass is 35.5. The van der Waals surface area contributed by atoms with Crippen molar-refractivity contribution in [1.82, 2.24) is 15.5 Å². The number of amides is 1. The molecule has 1 N–H and O–H groups in total. The highest BCUT2D eigenvalue weighted by Gasteiger charge is 2.20. The van der Waals surface area contributed by atoms with Gasteiger partial charge in [0.2, 0.25) is 11.7 Å². The first-order chi connectivity index (χ1) is 11.9. The van der Waals surface area contributed by atoms with E-state index in [9.17, 15) is 13.6 Å². The SMILES string of the molecule is CC(NC(=O)c1cc(F)ccc1F)c1nc(-c2ccc(Cl)cc2)no1. The van der Waals surface area contributed by atoms with Crippen molar-refractivity contribution in [2.75, 3.05) is 0 Å². The molecule has 1 atom stereocenters. The van der Waals surface area contributed by atoms with Gasteiger partial charge in [0, 0.05) is 10.6 Å². The van der Waals surface area contributed by atoms with E-state index in [1.807, 2.05) is 0 Å². The summed E-state index contributed by atoms with van der Waals surface area (Å²) in [7, 11) is 0. The molecule has 0 aliphatic heterocycles. The van der Waals surface area contributed by atoms with Gasteiger partial charge in [-0.25, -0.2) is 8.78 Å². The van der Waals surface area contributed by atoms with E-state index in [4.69, 9.17) is 16.1 Å². The quantitative estimate of drug-likeness (QED) is 0.755. The molecule has 25 heavy (non-hydrogen) atoms. The molecule has 0 aliphatic rings. The Labute approximate surface area is 146 Å². The molecule has 3 rings (SSSR count). The summed E-state index contributed by atoms with van der Waals surface area (Å²) in [5.74, 6) is -1.85. The number of nitrogens with one attached hydrogen (secondary N) is 1. The van der Waals surface area contributed by atoms with Crippen LogP contribution in [0, 0.1) is 11.6 Å². The van der Waals surface area contributed by atoms with Crippen LogP contribution < -0.4 is 5.32 Å². The number of aromatic nitrogens is 2. The highest BCUT2D eigenvalue weighted by molar-refractivity contribution is 6.30. The Morgan fingerprint density at radius 3 is 2.64 bits per heavy atom. The third-order valence-electron chi connectivity index (χ3n) is 3.44. The normalized spacial score (nSPS) is 12.0. The second kappa shape index (κ2) is 6.98. The number of benzene rings is 2. The summed E-state index contributed by atoms with van der Waals surface area (Å²) in [5.41, 5.74) is 0.290. The molecule has 3 aromatic rings. The highest BCUT2D eigenvalue weighted by Crippen LogP contribution is 2.21. The van der Waals surface area contributed by atoms with E-state index >= 15 is 0 Å². The minimum atomic E-state index is -0.821. The van der Waals surface area contributed by atoms with Crippen molar-refractivity contribution >= 4 is 17.5 Å². The fourth-order valence-corrected chi connectivity index (χ4v) is 2.26. The maximum atomic E-state index is 13.6. The van der Waals surface area contributed by atoms with Gasteiger partial charge in [0.05, 0.1) is 5.56 Å². The van der Waals surface area contributed by atoms with Gasteiger partial charge in [0.25, 0.3) is 5.91 Å². The van der Waals surface area contributed by atoms with E-state index in [2.05, 4.69) is 15.5 Å². The number of carbonyl (C=O) groups excluding carboxylic acids is 1. The van der Waals surface area contributed by atoms with Gasteiger partial charge in [0.15, 0.2) is 0 Å². The van der Waals surface area contributed by atoms with E-state index < -0.39 is 29.1 Å². The third-order valence-corrected chi connectivity index (χ3v) is 3.69. The molecule has 0 spiro atoms. The molecule has 128 valence electrons. The van der Waals surface area contributed by atoms with Crippen LogP contribution in [0.15, 0.2) is 47.0 Å². The van der Waals surface area contributed by atoms with E-state index in [1.54, 1.807) is 31.2 Å². The first-order valence-corrected chi connectivity index (χ1v) is 7.67. The molecule has 0 radical (unpaired) electrons. The number of hydrogen-bond donors (Lipinski definition) is 1. The van der Waals surface area contributed by atoms with Crippen LogP contribution in [0.4, 0.5) is 8.78 Å². The molecule has 1 aromatic heterocycles. The molecule has 1 amide bonds. The Bertz CT molecular complexity index is 913. The summed E-state index contributed by atoms with van der Waals surface area (Å²) >= 11 is 5.83. The summed E-state index contributed by atoms with van der Waals surface area (Å²) in [6, 6.07) is 8.78. The van der Waals surface area contributed by atoms with Crippen LogP contribution in [-0.4, -0.2) is 16.0 Å². The molecule has 0 aliphatic carbocycles. The molecule has 1 unspecified atom stereocenters. The van der Waals surface area contributed by atoms with Gasteiger partial charge in [-0.15, -0.1) is 0 Å². The molecule has 8 heteroatoms. The first-order valence-electron chi connectivity index (χ1n) is 7.29. The molecule has 2 aromatic carbocycles. The topological polar surface area (TPSA) is 68.0 Å². The summed E-state index contributed by atoms with van der Waals surface area (Å²) < 4.78 is 32.0. The van der Waals surface area contributed by atoms with Crippen molar-refractivity contribution in [2.45, 2.75) is 13.0 Å². The third kappa shape index (κ3) is 3.83. The molecule has 5 nitrogen and oxygen atoms in total. The first kappa shape index (κ1) is 17.0. The summed E-state index contributed by atoms with van der Waals surface area (Å²) in [4.78, 5) is 16.3. The van der Waals surface area contributed by atoms with Crippen LogP contribution in [0.2, 0.25) is 5.02 Å². The molecule has 0 fully saturated rings. The van der Waals surface area contributed by atoms with Gasteiger partial charge in [-0.3, -0.25) is 4.79 Å². The predicted molar refractivity (Wildman–Crippen MR) is 87.0 cm³/mol. The Balaban J connectivity index is 1.75. The largest absolute Gasteiger partial charge is 0.340 e. The van der Waals surface area contributed by atoms with Gasteiger partial charge in [-0.05, 0) is 49.4 Å². The molecular formula is C17H12ClF2N3O2. The molecule has 0 bridgehead atoms. The number of halogens is 3. The fraction of sp³-hybridized carbons (Fsp3) is 0.118. The zero-order valence-corrected chi connectivity index (χ0v) is 13.7. The fourth-order valence-electron chi connectivity index (χ4n) is 2.13. The second-order valence-corrected chi connectivity index (χ2v) is 5.72. The number of rotatable bonds is 4. The maximum Gasteiger partial charge on any atom is 0.255 e. The Morgan fingerprint density at radius 2 is 1.92 bits per heavy atom. The zero-order valence-electron chi connectivity index (χ0n) is 13.0.